The summed E-state index contributed by atoms with van der Waals surface area (Å²) in [5.41, 5.74) is -0.118. The first-order valence-electron chi connectivity index (χ1n) is 5.86. The maximum atomic E-state index is 12.5. The molecule has 104 valence electrons. The maximum Gasteiger partial charge on any atom is 0.392 e. The van der Waals surface area contributed by atoms with Crippen LogP contribution in [0.4, 0.5) is 24.7 Å². The molecule has 19 heavy (non-hydrogen) atoms. The van der Waals surface area contributed by atoms with E-state index in [1.807, 2.05) is 0 Å². The lowest BCUT2D eigenvalue weighted by Crippen LogP contribution is -2.41. The molecule has 0 saturated carbocycles. The van der Waals surface area contributed by atoms with Crippen LogP contribution in [0.15, 0.2) is 18.3 Å². The van der Waals surface area contributed by atoms with Crippen LogP contribution in [0.5, 0.6) is 0 Å². The molecule has 1 aliphatic heterocycles. The topological polar surface area (TPSA) is 60.5 Å². The van der Waals surface area contributed by atoms with Gasteiger partial charge in [0.15, 0.2) is 0 Å². The predicted molar refractivity (Wildman–Crippen MR) is 60.6 cm³/mol. The van der Waals surface area contributed by atoms with Crippen LogP contribution in [0.2, 0.25) is 0 Å². The predicted octanol–water partition coefficient (Wildman–Crippen LogP) is 2.19. The van der Waals surface area contributed by atoms with E-state index in [2.05, 4.69) is 4.98 Å². The fraction of sp³-hybridized carbons (Fsp3) is 0.545. The minimum Gasteiger partial charge on any atom is -0.258 e. The van der Waals surface area contributed by atoms with E-state index >= 15 is 0 Å². The summed E-state index contributed by atoms with van der Waals surface area (Å²) in [6.07, 6.45) is -2.73. The highest BCUT2D eigenvalue weighted by molar-refractivity contribution is 5.53. The number of anilines is 1. The van der Waals surface area contributed by atoms with Crippen molar-refractivity contribution in [2.45, 2.75) is 19.0 Å². The molecule has 8 heteroatoms. The molecule has 2 heterocycles. The van der Waals surface area contributed by atoms with Crippen molar-refractivity contribution in [3.05, 3.63) is 28.4 Å². The number of hydrogen-bond acceptors (Lipinski definition) is 3. The number of hydrogen-bond donors (Lipinski definition) is 0. The van der Waals surface area contributed by atoms with Crippen LogP contribution in [-0.2, 0) is 0 Å². The summed E-state index contributed by atoms with van der Waals surface area (Å²) < 4.78 is 37.6. The normalized spacial score (nSPS) is 17.5. The first-order chi connectivity index (χ1) is 8.89. The highest BCUT2D eigenvalue weighted by Gasteiger charge is 2.43. The second kappa shape index (κ2) is 5.02. The number of nitrogens with one attached hydrogen (secondary N) is 1. The number of nitrogens with zero attached hydrogens (tertiary/aromatic N) is 2. The Labute approximate surface area is 107 Å². The summed E-state index contributed by atoms with van der Waals surface area (Å²) >= 11 is 0. The van der Waals surface area contributed by atoms with E-state index in [0.717, 1.165) is 0 Å². The summed E-state index contributed by atoms with van der Waals surface area (Å²) in [6, 6.07) is 2.83. The molecule has 1 aromatic rings. The van der Waals surface area contributed by atoms with Gasteiger partial charge in [0.25, 0.3) is 0 Å². The van der Waals surface area contributed by atoms with Crippen LogP contribution in [0.1, 0.15) is 12.8 Å². The lowest BCUT2D eigenvalue weighted by atomic mass is 9.96. The molecule has 0 aromatic carbocycles. The number of halogens is 3. The van der Waals surface area contributed by atoms with Gasteiger partial charge >= 0.3 is 17.7 Å². The van der Waals surface area contributed by atoms with Crippen molar-refractivity contribution in [3.63, 3.8) is 0 Å². The second-order valence-corrected chi connectivity index (χ2v) is 4.46. The summed E-state index contributed by atoms with van der Waals surface area (Å²) in [6.45, 7) is 0.317. The molecule has 0 atom stereocenters. The Kier molecular flexibility index (Phi) is 3.59. The first-order valence-corrected chi connectivity index (χ1v) is 5.86. The monoisotopic (exact) mass is 276 g/mol. The lowest BCUT2D eigenvalue weighted by molar-refractivity contribution is -0.411. The van der Waals surface area contributed by atoms with Crippen molar-refractivity contribution >= 4 is 11.5 Å². The van der Waals surface area contributed by atoms with Gasteiger partial charge in [-0.2, -0.15) is 13.2 Å². The Morgan fingerprint density at radius 3 is 2.53 bits per heavy atom. The van der Waals surface area contributed by atoms with Crippen LogP contribution < -0.4 is 9.88 Å². The van der Waals surface area contributed by atoms with Crippen LogP contribution in [-0.4, -0.2) is 24.2 Å². The quantitative estimate of drug-likeness (QED) is 0.614. The number of alkyl halides is 3. The molecular weight excluding hydrogens is 263 g/mol. The molecule has 1 N–H and O–H groups in total. The van der Waals surface area contributed by atoms with Gasteiger partial charge < -0.3 is 0 Å². The van der Waals surface area contributed by atoms with Gasteiger partial charge in [-0.25, -0.2) is 4.98 Å². The van der Waals surface area contributed by atoms with Crippen molar-refractivity contribution in [3.8, 4) is 0 Å². The fourth-order valence-electron chi connectivity index (χ4n) is 2.25. The van der Waals surface area contributed by atoms with E-state index < -0.39 is 17.0 Å². The highest BCUT2D eigenvalue weighted by atomic mass is 19.4. The van der Waals surface area contributed by atoms with Gasteiger partial charge in [-0.1, -0.05) is 0 Å². The van der Waals surface area contributed by atoms with Crippen LogP contribution >= 0.6 is 0 Å². The van der Waals surface area contributed by atoms with Crippen molar-refractivity contribution in [2.75, 3.05) is 18.0 Å². The summed E-state index contributed by atoms with van der Waals surface area (Å²) in [5.74, 6) is -1.04. The molecule has 1 fully saturated rings. The molecule has 0 unspecified atom stereocenters. The van der Waals surface area contributed by atoms with Gasteiger partial charge in [-0.05, 0) is 18.9 Å². The number of H-pyrrole nitrogens is 1. The van der Waals surface area contributed by atoms with Gasteiger partial charge in [-0.3, -0.25) is 15.0 Å². The van der Waals surface area contributed by atoms with Gasteiger partial charge in [0.05, 0.1) is 30.1 Å². The number of nitro groups is 1. The van der Waals surface area contributed by atoms with Crippen molar-refractivity contribution in [1.82, 2.24) is 0 Å². The largest absolute Gasteiger partial charge is 0.392 e. The summed E-state index contributed by atoms with van der Waals surface area (Å²) in [7, 11) is 0. The van der Waals surface area contributed by atoms with Gasteiger partial charge in [0.1, 0.15) is 0 Å². The van der Waals surface area contributed by atoms with E-state index in [9.17, 15) is 23.3 Å². The third-order valence-corrected chi connectivity index (χ3v) is 3.28. The van der Waals surface area contributed by atoms with Gasteiger partial charge in [0, 0.05) is 6.07 Å². The fourth-order valence-corrected chi connectivity index (χ4v) is 2.25. The average molecular weight is 276 g/mol. The molecule has 1 aliphatic rings. The maximum absolute atomic E-state index is 12.5. The lowest BCUT2D eigenvalue weighted by Gasteiger charge is -2.28. The number of pyridine rings is 1. The number of piperidine rings is 1. The standard InChI is InChI=1S/C11H12F3N3O2/c12-11(13,14)8-3-6-16(7-4-8)10-9(17(18)19)2-1-5-15-10/h1-2,5,8H,3-4,6-7H2/p+1. The zero-order valence-corrected chi connectivity index (χ0v) is 9.98. The van der Waals surface area contributed by atoms with Gasteiger partial charge in [-0.15, -0.1) is 0 Å². The van der Waals surface area contributed by atoms with Crippen LogP contribution in [0, 0.1) is 16.0 Å². The molecule has 0 spiro atoms. The average Bonchev–Trinajstić information content (AvgIpc) is 2.38. The minimum absolute atomic E-state index is 0.0383. The third-order valence-electron chi connectivity index (χ3n) is 3.28. The van der Waals surface area contributed by atoms with Crippen molar-refractivity contribution in [1.29, 1.82) is 0 Å². The number of rotatable bonds is 2. The van der Waals surface area contributed by atoms with E-state index in [1.165, 1.54) is 18.3 Å². The minimum atomic E-state index is -4.18. The second-order valence-electron chi connectivity index (χ2n) is 4.46. The SMILES string of the molecule is O=[N+]([O-])c1ccc[nH+]c1N1CCC(C(F)(F)F)CC1. The number of aromatic nitrogens is 1. The molecular formula is C11H13F3N3O2+. The van der Waals surface area contributed by atoms with E-state index in [0.29, 0.717) is 0 Å². The summed E-state index contributed by atoms with van der Waals surface area (Å²) in [4.78, 5) is 14.7. The molecule has 0 aliphatic carbocycles. The van der Waals surface area contributed by atoms with Crippen molar-refractivity contribution in [2.24, 2.45) is 5.92 Å². The molecule has 2 rings (SSSR count). The Morgan fingerprint density at radius 2 is 2.00 bits per heavy atom. The molecule has 0 radical (unpaired) electrons. The van der Waals surface area contributed by atoms with Gasteiger partial charge in [0.2, 0.25) is 0 Å². The van der Waals surface area contributed by atoms with E-state index in [4.69, 9.17) is 0 Å². The van der Waals surface area contributed by atoms with Crippen LogP contribution in [0.3, 0.4) is 0 Å². The van der Waals surface area contributed by atoms with Crippen molar-refractivity contribution < 1.29 is 23.1 Å². The third kappa shape index (κ3) is 2.94. The Bertz CT molecular complexity index is 470. The zero-order chi connectivity index (χ0) is 14.0. The Hall–Kier alpha value is -1.86. The smallest absolute Gasteiger partial charge is 0.258 e. The molecule has 0 amide bonds. The Morgan fingerprint density at radius 1 is 1.37 bits per heavy atom. The summed E-state index contributed by atoms with van der Waals surface area (Å²) in [5, 5.41) is 10.9. The zero-order valence-electron chi connectivity index (χ0n) is 9.98. The van der Waals surface area contributed by atoms with Crippen LogP contribution in [0.25, 0.3) is 0 Å². The Balaban J connectivity index is 2.12. The first kappa shape index (κ1) is 13.6. The molecule has 5 nitrogen and oxygen atoms in total. The highest BCUT2D eigenvalue weighted by Crippen LogP contribution is 2.35. The molecule has 1 saturated heterocycles. The van der Waals surface area contributed by atoms with E-state index in [-0.39, 0.29) is 37.4 Å². The van der Waals surface area contributed by atoms with E-state index in [1.54, 1.807) is 4.90 Å². The number of aromatic amines is 1. The molecule has 1 aromatic heterocycles. The molecule has 0 bridgehead atoms.